The summed E-state index contributed by atoms with van der Waals surface area (Å²) >= 11 is 0. The maximum absolute atomic E-state index is 8.76. The molecule has 1 heterocycles. The van der Waals surface area contributed by atoms with Crippen LogP contribution in [0.15, 0.2) is 17.3 Å². The highest BCUT2D eigenvalue weighted by Crippen LogP contribution is 1.98. The number of aliphatic imine (C=N–C) groups is 1. The monoisotopic (exact) mass is 140 g/mol. The number of hydrogen-bond donors (Lipinski definition) is 1. The van der Waals surface area contributed by atoms with Gasteiger partial charge in [-0.3, -0.25) is 0 Å². The van der Waals surface area contributed by atoms with Crippen molar-refractivity contribution in [1.29, 1.82) is 0 Å². The van der Waals surface area contributed by atoms with E-state index in [0.717, 1.165) is 6.54 Å². The predicted octanol–water partition coefficient (Wildman–Crippen LogP) is 0.225. The normalized spacial score (nSPS) is 19.6. The first-order chi connectivity index (χ1) is 4.84. The molecule has 0 fully saturated rings. The highest BCUT2D eigenvalue weighted by Gasteiger charge is 2.07. The molecule has 10 heavy (non-hydrogen) atoms. The lowest BCUT2D eigenvalue weighted by molar-refractivity contribution is 0.202. The van der Waals surface area contributed by atoms with Gasteiger partial charge in [-0.05, 0) is 13.0 Å². The number of rotatable bonds is 2. The highest BCUT2D eigenvalue weighted by molar-refractivity contribution is 5.57. The molecule has 1 aliphatic rings. The van der Waals surface area contributed by atoms with Gasteiger partial charge in [0.05, 0.1) is 19.0 Å². The molecule has 0 bridgehead atoms. The molecular weight excluding hydrogens is 128 g/mol. The summed E-state index contributed by atoms with van der Waals surface area (Å²) in [6.07, 6.45) is 5.48. The van der Waals surface area contributed by atoms with Gasteiger partial charge in [0.25, 0.3) is 0 Å². The molecular formula is C7H12N2O. The summed E-state index contributed by atoms with van der Waals surface area (Å²) in [6.45, 7) is 3.00. The Labute approximate surface area is 60.7 Å². The van der Waals surface area contributed by atoms with E-state index in [9.17, 15) is 0 Å². The van der Waals surface area contributed by atoms with E-state index in [4.69, 9.17) is 5.11 Å². The summed E-state index contributed by atoms with van der Waals surface area (Å²) in [5.41, 5.74) is 0. The zero-order valence-electron chi connectivity index (χ0n) is 6.07. The zero-order chi connectivity index (χ0) is 7.40. The van der Waals surface area contributed by atoms with Gasteiger partial charge in [-0.15, -0.1) is 0 Å². The van der Waals surface area contributed by atoms with Crippen molar-refractivity contribution in [3.8, 4) is 0 Å². The first kappa shape index (κ1) is 7.28. The molecule has 3 heteroatoms. The molecule has 0 amide bonds. The van der Waals surface area contributed by atoms with E-state index < -0.39 is 0 Å². The zero-order valence-corrected chi connectivity index (χ0v) is 6.07. The Bertz CT molecular complexity index is 154. The Hall–Kier alpha value is -0.830. The SMILES string of the molecule is CC(CO)N1C=NC=CC1. The molecule has 0 aromatic heterocycles. The molecule has 0 aliphatic carbocycles. The van der Waals surface area contributed by atoms with Crippen LogP contribution in [-0.2, 0) is 0 Å². The number of hydrogen-bond acceptors (Lipinski definition) is 3. The quantitative estimate of drug-likeness (QED) is 0.595. The maximum Gasteiger partial charge on any atom is 0.0910 e. The second-order valence-corrected chi connectivity index (χ2v) is 2.38. The van der Waals surface area contributed by atoms with Crippen LogP contribution in [0, 0.1) is 0 Å². The van der Waals surface area contributed by atoms with Crippen LogP contribution in [0.5, 0.6) is 0 Å². The maximum atomic E-state index is 8.76. The Morgan fingerprint density at radius 1 is 1.80 bits per heavy atom. The van der Waals surface area contributed by atoms with Gasteiger partial charge in [-0.2, -0.15) is 0 Å². The predicted molar refractivity (Wildman–Crippen MR) is 40.9 cm³/mol. The molecule has 0 aromatic carbocycles. The van der Waals surface area contributed by atoms with E-state index in [1.54, 1.807) is 12.5 Å². The Balaban J connectivity index is 2.42. The summed E-state index contributed by atoms with van der Waals surface area (Å²) in [5, 5.41) is 8.76. The molecule has 1 unspecified atom stereocenters. The van der Waals surface area contributed by atoms with Gasteiger partial charge in [-0.1, -0.05) is 0 Å². The topological polar surface area (TPSA) is 35.8 Å². The summed E-state index contributed by atoms with van der Waals surface area (Å²) in [6, 6.07) is 0.175. The molecule has 0 saturated heterocycles. The van der Waals surface area contributed by atoms with Gasteiger partial charge < -0.3 is 10.0 Å². The van der Waals surface area contributed by atoms with Gasteiger partial charge in [-0.25, -0.2) is 4.99 Å². The Kier molecular flexibility index (Phi) is 2.45. The van der Waals surface area contributed by atoms with Crippen LogP contribution in [0.25, 0.3) is 0 Å². The average Bonchev–Trinajstić information content (AvgIpc) is 2.05. The lowest BCUT2D eigenvalue weighted by atomic mass is 10.3. The van der Waals surface area contributed by atoms with Crippen LogP contribution >= 0.6 is 0 Å². The molecule has 0 aromatic rings. The van der Waals surface area contributed by atoms with Crippen LogP contribution in [0.4, 0.5) is 0 Å². The van der Waals surface area contributed by atoms with Gasteiger partial charge >= 0.3 is 0 Å². The molecule has 0 spiro atoms. The van der Waals surface area contributed by atoms with Crippen LogP contribution in [-0.4, -0.2) is 35.5 Å². The van der Waals surface area contributed by atoms with Crippen molar-refractivity contribution in [2.24, 2.45) is 4.99 Å². The van der Waals surface area contributed by atoms with E-state index >= 15 is 0 Å². The minimum Gasteiger partial charge on any atom is -0.394 e. The van der Waals surface area contributed by atoms with Crippen molar-refractivity contribution in [2.45, 2.75) is 13.0 Å². The number of aliphatic hydroxyl groups excluding tert-OH is 1. The van der Waals surface area contributed by atoms with Crippen LogP contribution < -0.4 is 0 Å². The third kappa shape index (κ3) is 1.57. The molecule has 3 nitrogen and oxygen atoms in total. The number of aliphatic hydroxyl groups is 1. The first-order valence-corrected chi connectivity index (χ1v) is 3.39. The fraction of sp³-hybridized carbons (Fsp3) is 0.571. The smallest absolute Gasteiger partial charge is 0.0910 e. The molecule has 1 atom stereocenters. The first-order valence-electron chi connectivity index (χ1n) is 3.39. The average molecular weight is 140 g/mol. The van der Waals surface area contributed by atoms with Gasteiger partial charge in [0.15, 0.2) is 0 Å². The lowest BCUT2D eigenvalue weighted by Gasteiger charge is -2.24. The van der Waals surface area contributed by atoms with Crippen molar-refractivity contribution in [3.05, 3.63) is 12.3 Å². The summed E-state index contributed by atoms with van der Waals surface area (Å²) < 4.78 is 0. The molecule has 0 saturated carbocycles. The molecule has 1 rings (SSSR count). The van der Waals surface area contributed by atoms with Crippen molar-refractivity contribution >= 4 is 6.34 Å². The second kappa shape index (κ2) is 3.37. The minimum absolute atomic E-state index is 0.175. The largest absolute Gasteiger partial charge is 0.394 e. The highest BCUT2D eigenvalue weighted by atomic mass is 16.3. The van der Waals surface area contributed by atoms with E-state index in [2.05, 4.69) is 4.99 Å². The summed E-state index contributed by atoms with van der Waals surface area (Å²) in [7, 11) is 0. The molecule has 1 N–H and O–H groups in total. The molecule has 1 aliphatic heterocycles. The van der Waals surface area contributed by atoms with Crippen LogP contribution in [0.3, 0.4) is 0 Å². The fourth-order valence-corrected chi connectivity index (χ4v) is 0.800. The molecule has 0 radical (unpaired) electrons. The van der Waals surface area contributed by atoms with Crippen molar-refractivity contribution in [2.75, 3.05) is 13.2 Å². The molecule has 56 valence electrons. The third-order valence-electron chi connectivity index (χ3n) is 1.55. The Morgan fingerprint density at radius 3 is 3.10 bits per heavy atom. The van der Waals surface area contributed by atoms with Gasteiger partial charge in [0, 0.05) is 12.7 Å². The minimum atomic E-state index is 0.175. The summed E-state index contributed by atoms with van der Waals surface area (Å²) in [5.74, 6) is 0. The third-order valence-corrected chi connectivity index (χ3v) is 1.55. The van der Waals surface area contributed by atoms with Crippen LogP contribution in [0.2, 0.25) is 0 Å². The van der Waals surface area contributed by atoms with Crippen molar-refractivity contribution < 1.29 is 5.11 Å². The second-order valence-electron chi connectivity index (χ2n) is 2.38. The van der Waals surface area contributed by atoms with E-state index in [-0.39, 0.29) is 12.6 Å². The van der Waals surface area contributed by atoms with Crippen molar-refractivity contribution in [1.82, 2.24) is 4.90 Å². The summed E-state index contributed by atoms with van der Waals surface area (Å²) in [4.78, 5) is 5.92. The van der Waals surface area contributed by atoms with E-state index in [1.165, 1.54) is 0 Å². The van der Waals surface area contributed by atoms with Gasteiger partial charge in [0.2, 0.25) is 0 Å². The standard InChI is InChI=1S/C7H12N2O/c1-7(5-10)9-4-2-3-8-6-9/h2-3,6-7,10H,4-5H2,1H3. The Morgan fingerprint density at radius 2 is 2.60 bits per heavy atom. The van der Waals surface area contributed by atoms with Gasteiger partial charge in [0.1, 0.15) is 0 Å². The fourth-order valence-electron chi connectivity index (χ4n) is 0.800. The number of nitrogens with zero attached hydrogens (tertiary/aromatic N) is 2. The van der Waals surface area contributed by atoms with E-state index in [0.29, 0.717) is 0 Å². The van der Waals surface area contributed by atoms with Crippen molar-refractivity contribution in [3.63, 3.8) is 0 Å². The van der Waals surface area contributed by atoms with Crippen LogP contribution in [0.1, 0.15) is 6.92 Å². The van der Waals surface area contributed by atoms with E-state index in [1.807, 2.05) is 17.9 Å². The lowest BCUT2D eigenvalue weighted by Crippen LogP contribution is -2.35.